The zero-order valence-electron chi connectivity index (χ0n) is 9.84. The minimum absolute atomic E-state index is 0.0484. The summed E-state index contributed by atoms with van der Waals surface area (Å²) in [6.45, 7) is 0.593. The van der Waals surface area contributed by atoms with Gasteiger partial charge >= 0.3 is 0 Å². The topological polar surface area (TPSA) is 77.1 Å². The van der Waals surface area contributed by atoms with Crippen molar-refractivity contribution in [2.24, 2.45) is 12.8 Å². The summed E-state index contributed by atoms with van der Waals surface area (Å²) in [6, 6.07) is 5.00. The Morgan fingerprint density at radius 1 is 1.50 bits per heavy atom. The fourth-order valence-corrected chi connectivity index (χ4v) is 2.30. The lowest BCUT2D eigenvalue weighted by Crippen LogP contribution is -2.15. The van der Waals surface area contributed by atoms with E-state index in [4.69, 9.17) is 5.73 Å². The van der Waals surface area contributed by atoms with Crippen molar-refractivity contribution in [1.29, 1.82) is 0 Å². The van der Waals surface area contributed by atoms with E-state index in [1.807, 2.05) is 0 Å². The molecule has 0 atom stereocenters. The molecule has 0 bridgehead atoms. The molecule has 2 heterocycles. The number of anilines is 1. The first kappa shape index (κ1) is 12.4. The van der Waals surface area contributed by atoms with Gasteiger partial charge in [0.15, 0.2) is 0 Å². The number of aromatic nitrogens is 1. The number of nitrogens with zero attached hydrogens (tertiary/aromatic N) is 1. The molecule has 2 rings (SSSR count). The average molecular weight is 263 g/mol. The molecule has 0 aliphatic rings. The summed E-state index contributed by atoms with van der Waals surface area (Å²) in [6.07, 6.45) is 1.73. The lowest BCUT2D eigenvalue weighted by molar-refractivity contribution is 0.100. The van der Waals surface area contributed by atoms with Crippen molar-refractivity contribution in [2.45, 2.75) is 6.54 Å². The van der Waals surface area contributed by atoms with E-state index >= 15 is 0 Å². The van der Waals surface area contributed by atoms with Gasteiger partial charge in [0, 0.05) is 36.1 Å². The highest BCUT2D eigenvalue weighted by molar-refractivity contribution is 7.10. The molecular weight excluding hydrogens is 250 g/mol. The fourth-order valence-electron chi connectivity index (χ4n) is 1.49. The molecule has 0 spiro atoms. The Morgan fingerprint density at radius 3 is 2.89 bits per heavy atom. The number of carbonyl (C=O) groups excluding carboxylic acids is 1. The molecule has 6 heteroatoms. The van der Waals surface area contributed by atoms with Gasteiger partial charge in [0.05, 0.1) is 11.3 Å². The van der Waals surface area contributed by atoms with Gasteiger partial charge < -0.3 is 15.6 Å². The van der Waals surface area contributed by atoms with Crippen molar-refractivity contribution in [3.63, 3.8) is 0 Å². The summed E-state index contributed by atoms with van der Waals surface area (Å²) in [7, 11) is 1.70. The number of hydrogen-bond acceptors (Lipinski definition) is 4. The first-order valence-electron chi connectivity index (χ1n) is 5.34. The molecule has 5 nitrogen and oxygen atoms in total. The highest BCUT2D eigenvalue weighted by Gasteiger charge is 2.04. The van der Waals surface area contributed by atoms with Crippen molar-refractivity contribution in [1.82, 2.24) is 4.57 Å². The molecule has 0 fully saturated rings. The summed E-state index contributed by atoms with van der Waals surface area (Å²) in [5.74, 6) is -0.417. The third-order valence-corrected chi connectivity index (χ3v) is 3.43. The first-order chi connectivity index (χ1) is 8.56. The highest BCUT2D eigenvalue weighted by atomic mass is 32.1. The summed E-state index contributed by atoms with van der Waals surface area (Å²) in [5, 5.41) is 4.92. The molecule has 0 radical (unpaired) electrons. The number of rotatable bonds is 4. The number of aryl methyl sites for hydroxylation is 1. The SMILES string of the molecule is Cn1cc(NCc2cc(C(N)=O)cs2)ccc1=O. The number of hydrogen-bond donors (Lipinski definition) is 2. The van der Waals surface area contributed by atoms with Crippen LogP contribution in [-0.2, 0) is 13.6 Å². The van der Waals surface area contributed by atoms with Crippen LogP contribution in [0.5, 0.6) is 0 Å². The van der Waals surface area contributed by atoms with Crippen LogP contribution in [0, 0.1) is 0 Å². The van der Waals surface area contributed by atoms with Gasteiger partial charge in [0.25, 0.3) is 0 Å². The average Bonchev–Trinajstić information content (AvgIpc) is 2.79. The van der Waals surface area contributed by atoms with Crippen LogP contribution in [0.25, 0.3) is 0 Å². The van der Waals surface area contributed by atoms with Gasteiger partial charge in [0.2, 0.25) is 11.5 Å². The van der Waals surface area contributed by atoms with Crippen LogP contribution in [0.1, 0.15) is 15.2 Å². The van der Waals surface area contributed by atoms with Gasteiger partial charge in [-0.2, -0.15) is 0 Å². The number of primary amides is 1. The van der Waals surface area contributed by atoms with E-state index in [9.17, 15) is 9.59 Å². The molecular formula is C12H13N3O2S. The van der Waals surface area contributed by atoms with E-state index in [0.717, 1.165) is 10.6 Å². The molecule has 18 heavy (non-hydrogen) atoms. The van der Waals surface area contributed by atoms with E-state index in [1.165, 1.54) is 22.0 Å². The quantitative estimate of drug-likeness (QED) is 0.869. The van der Waals surface area contributed by atoms with Crippen molar-refractivity contribution >= 4 is 22.9 Å². The van der Waals surface area contributed by atoms with Gasteiger partial charge in [0.1, 0.15) is 0 Å². The second-order valence-corrected chi connectivity index (χ2v) is 4.88. The number of carbonyl (C=O) groups is 1. The van der Waals surface area contributed by atoms with Crippen LogP contribution in [0.3, 0.4) is 0 Å². The van der Waals surface area contributed by atoms with Crippen molar-refractivity contribution in [3.05, 3.63) is 50.6 Å². The van der Waals surface area contributed by atoms with Crippen LogP contribution in [0.4, 0.5) is 5.69 Å². The van der Waals surface area contributed by atoms with E-state index in [1.54, 1.807) is 30.8 Å². The molecule has 0 saturated carbocycles. The molecule has 0 aliphatic carbocycles. The Hall–Kier alpha value is -2.08. The third-order valence-electron chi connectivity index (χ3n) is 2.49. The van der Waals surface area contributed by atoms with Gasteiger partial charge in [-0.05, 0) is 12.1 Å². The molecule has 2 aromatic rings. The molecule has 94 valence electrons. The van der Waals surface area contributed by atoms with Crippen LogP contribution in [-0.4, -0.2) is 10.5 Å². The minimum atomic E-state index is -0.417. The van der Waals surface area contributed by atoms with Gasteiger partial charge in [-0.1, -0.05) is 0 Å². The summed E-state index contributed by atoms with van der Waals surface area (Å²) in [4.78, 5) is 23.2. The number of amides is 1. The van der Waals surface area contributed by atoms with Crippen molar-refractivity contribution in [2.75, 3.05) is 5.32 Å². The molecule has 3 N–H and O–H groups in total. The van der Waals surface area contributed by atoms with E-state index < -0.39 is 5.91 Å². The number of pyridine rings is 1. The minimum Gasteiger partial charge on any atom is -0.379 e. The molecule has 0 aliphatic heterocycles. The Kier molecular flexibility index (Phi) is 3.47. The third kappa shape index (κ3) is 2.78. The molecule has 2 aromatic heterocycles. The normalized spacial score (nSPS) is 10.3. The maximum atomic E-state index is 11.2. The summed E-state index contributed by atoms with van der Waals surface area (Å²) >= 11 is 1.47. The van der Waals surface area contributed by atoms with Crippen LogP contribution < -0.4 is 16.6 Å². The molecule has 0 unspecified atom stereocenters. The highest BCUT2D eigenvalue weighted by Crippen LogP contribution is 2.16. The summed E-state index contributed by atoms with van der Waals surface area (Å²) < 4.78 is 1.51. The van der Waals surface area contributed by atoms with Crippen LogP contribution in [0.15, 0.2) is 34.6 Å². The smallest absolute Gasteiger partial charge is 0.250 e. The second-order valence-electron chi connectivity index (χ2n) is 3.89. The van der Waals surface area contributed by atoms with Gasteiger partial charge in [-0.3, -0.25) is 9.59 Å². The van der Waals surface area contributed by atoms with E-state index in [0.29, 0.717) is 12.1 Å². The number of nitrogens with one attached hydrogen (secondary N) is 1. The maximum Gasteiger partial charge on any atom is 0.250 e. The zero-order valence-corrected chi connectivity index (χ0v) is 10.7. The Morgan fingerprint density at radius 2 is 2.28 bits per heavy atom. The van der Waals surface area contributed by atoms with Crippen molar-refractivity contribution < 1.29 is 4.79 Å². The molecule has 0 saturated heterocycles. The monoisotopic (exact) mass is 263 g/mol. The summed E-state index contributed by atoms with van der Waals surface area (Å²) in [5.41, 5.74) is 6.51. The van der Waals surface area contributed by atoms with Gasteiger partial charge in [-0.15, -0.1) is 11.3 Å². The predicted molar refractivity (Wildman–Crippen MR) is 71.8 cm³/mol. The Balaban J connectivity index is 2.04. The fraction of sp³-hybridized carbons (Fsp3) is 0.167. The lowest BCUT2D eigenvalue weighted by atomic mass is 10.3. The van der Waals surface area contributed by atoms with Crippen LogP contribution in [0.2, 0.25) is 0 Å². The standard InChI is InChI=1S/C12H13N3O2S/c1-15-6-9(2-3-11(15)16)14-5-10-4-8(7-18-10)12(13)17/h2-4,6-7,14H,5H2,1H3,(H2,13,17). The molecule has 0 aromatic carbocycles. The second kappa shape index (κ2) is 5.05. The Bertz CT molecular complexity index is 630. The lowest BCUT2D eigenvalue weighted by Gasteiger charge is -2.05. The number of nitrogens with two attached hydrogens (primary N) is 1. The van der Waals surface area contributed by atoms with E-state index in [-0.39, 0.29) is 5.56 Å². The zero-order chi connectivity index (χ0) is 13.1. The van der Waals surface area contributed by atoms with Crippen LogP contribution >= 0.6 is 11.3 Å². The Labute approximate surface area is 108 Å². The van der Waals surface area contributed by atoms with Crippen molar-refractivity contribution in [3.8, 4) is 0 Å². The molecule has 1 amide bonds. The largest absolute Gasteiger partial charge is 0.379 e. The predicted octanol–water partition coefficient (Wildman–Crippen LogP) is 1.16. The van der Waals surface area contributed by atoms with Gasteiger partial charge in [-0.25, -0.2) is 0 Å². The number of thiophene rings is 1. The maximum absolute atomic E-state index is 11.2. The van der Waals surface area contributed by atoms with E-state index in [2.05, 4.69) is 5.32 Å². The first-order valence-corrected chi connectivity index (χ1v) is 6.22.